The highest BCUT2D eigenvalue weighted by Gasteiger charge is 2.35. The lowest BCUT2D eigenvalue weighted by atomic mass is 9.90. The van der Waals surface area contributed by atoms with Gasteiger partial charge in [0, 0.05) is 23.6 Å². The molecule has 1 heterocycles. The fourth-order valence-corrected chi connectivity index (χ4v) is 4.14. The number of carbonyl (C=O) groups is 1. The fourth-order valence-electron chi connectivity index (χ4n) is 3.50. The highest BCUT2D eigenvalue weighted by atomic mass is 32.2. The van der Waals surface area contributed by atoms with Crippen molar-refractivity contribution >= 4 is 17.7 Å². The number of benzene rings is 1. The summed E-state index contributed by atoms with van der Waals surface area (Å²) in [6.07, 6.45) is 1.36. The van der Waals surface area contributed by atoms with E-state index in [9.17, 15) is 18.0 Å². The Kier molecular flexibility index (Phi) is 6.77. The van der Waals surface area contributed by atoms with Crippen molar-refractivity contribution in [2.75, 3.05) is 26.6 Å². The summed E-state index contributed by atoms with van der Waals surface area (Å²) in [4.78, 5) is 13.2. The van der Waals surface area contributed by atoms with Crippen molar-refractivity contribution in [3.05, 3.63) is 23.3 Å². The molecule has 0 spiro atoms. The van der Waals surface area contributed by atoms with Crippen LogP contribution in [0.15, 0.2) is 17.0 Å². The topological polar surface area (TPSA) is 59.6 Å². The lowest BCUT2D eigenvalue weighted by molar-refractivity contribution is -0.137. The van der Waals surface area contributed by atoms with Crippen molar-refractivity contribution in [2.45, 2.75) is 54.9 Å². The number of rotatable bonds is 6. The second-order valence-electron chi connectivity index (χ2n) is 7.10. The molecule has 2 fully saturated rings. The maximum absolute atomic E-state index is 13.1. The maximum Gasteiger partial charge on any atom is 0.416 e. The Bertz CT molecular complexity index is 685. The second kappa shape index (κ2) is 8.92. The van der Waals surface area contributed by atoms with E-state index in [1.165, 1.54) is 13.5 Å². The Morgan fingerprint density at radius 3 is 2.57 bits per heavy atom. The largest absolute Gasteiger partial charge is 0.496 e. The monoisotopic (exact) mass is 418 g/mol. The Hall–Kier alpha value is -1.45. The van der Waals surface area contributed by atoms with Gasteiger partial charge in [-0.15, -0.1) is 11.8 Å². The van der Waals surface area contributed by atoms with Crippen molar-refractivity contribution in [3.63, 3.8) is 0 Å². The van der Waals surface area contributed by atoms with Crippen LogP contribution in [-0.4, -0.2) is 50.6 Å². The molecule has 5 nitrogen and oxygen atoms in total. The van der Waals surface area contributed by atoms with Crippen LogP contribution < -0.4 is 15.4 Å². The van der Waals surface area contributed by atoms with E-state index in [1.54, 1.807) is 6.26 Å². The lowest BCUT2D eigenvalue weighted by Crippen LogP contribution is -2.58. The summed E-state index contributed by atoms with van der Waals surface area (Å²) < 4.78 is 50.1. The van der Waals surface area contributed by atoms with Crippen LogP contribution in [0.5, 0.6) is 5.75 Å². The minimum Gasteiger partial charge on any atom is -0.496 e. The molecule has 1 saturated heterocycles. The van der Waals surface area contributed by atoms with E-state index < -0.39 is 17.6 Å². The third-order valence-electron chi connectivity index (χ3n) is 5.29. The minimum absolute atomic E-state index is 0.0844. The number of thioether (sulfide) groups is 1. The predicted molar refractivity (Wildman–Crippen MR) is 101 cm³/mol. The molecule has 1 aromatic carbocycles. The molecule has 0 aromatic heterocycles. The van der Waals surface area contributed by atoms with Gasteiger partial charge < -0.3 is 20.1 Å². The second-order valence-corrected chi connectivity index (χ2v) is 7.95. The molecule has 1 aliphatic heterocycles. The number of hydrogen-bond acceptors (Lipinski definition) is 5. The van der Waals surface area contributed by atoms with Crippen LogP contribution >= 0.6 is 11.8 Å². The quantitative estimate of drug-likeness (QED) is 0.693. The first-order valence-corrected chi connectivity index (χ1v) is 10.5. The Morgan fingerprint density at radius 2 is 2.00 bits per heavy atom. The van der Waals surface area contributed by atoms with Gasteiger partial charge in [0.25, 0.3) is 5.91 Å². The Labute approximate surface area is 166 Å². The molecule has 2 N–H and O–H groups in total. The van der Waals surface area contributed by atoms with Gasteiger partial charge in [0.2, 0.25) is 0 Å². The summed E-state index contributed by atoms with van der Waals surface area (Å²) in [7, 11) is 1.26. The van der Waals surface area contributed by atoms with E-state index in [2.05, 4.69) is 10.6 Å². The average molecular weight is 418 g/mol. The van der Waals surface area contributed by atoms with Gasteiger partial charge >= 0.3 is 6.18 Å². The first-order chi connectivity index (χ1) is 13.3. The lowest BCUT2D eigenvalue weighted by Gasteiger charge is -2.38. The molecular weight excluding hydrogens is 393 g/mol. The summed E-state index contributed by atoms with van der Waals surface area (Å²) in [6, 6.07) is 2.16. The standard InChI is InChI=1S/C19H25F3N2O3S/c1-26-15-8-11(19(20,21)22)9-16(28-2)17(15)18(25)24-14-10-27-7-6-13(14)23-12-4-3-5-12/h8-9,12-14,23H,3-7,10H2,1-2H3,(H,24,25)/t13-,14+/m0/s1. The molecule has 1 aromatic rings. The number of hydrogen-bond donors (Lipinski definition) is 2. The molecular formula is C19H25F3N2O3S. The number of halogens is 3. The molecule has 1 aliphatic carbocycles. The van der Waals surface area contributed by atoms with Crippen LogP contribution in [0.3, 0.4) is 0 Å². The number of methoxy groups -OCH3 is 1. The van der Waals surface area contributed by atoms with Gasteiger partial charge in [-0.1, -0.05) is 6.42 Å². The highest BCUT2D eigenvalue weighted by Crippen LogP contribution is 2.38. The van der Waals surface area contributed by atoms with E-state index in [-0.39, 0.29) is 28.3 Å². The number of amides is 1. The summed E-state index contributed by atoms with van der Waals surface area (Å²) >= 11 is 1.08. The van der Waals surface area contributed by atoms with Crippen molar-refractivity contribution < 1.29 is 27.4 Å². The van der Waals surface area contributed by atoms with Crippen molar-refractivity contribution in [3.8, 4) is 5.75 Å². The smallest absolute Gasteiger partial charge is 0.416 e. The molecule has 0 radical (unpaired) electrons. The zero-order chi connectivity index (χ0) is 20.3. The summed E-state index contributed by atoms with van der Waals surface area (Å²) in [5, 5.41) is 6.51. The van der Waals surface area contributed by atoms with Crippen LogP contribution in [0.1, 0.15) is 41.6 Å². The van der Waals surface area contributed by atoms with Crippen LogP contribution in [0.25, 0.3) is 0 Å². The predicted octanol–water partition coefficient (Wildman–Crippen LogP) is 3.47. The van der Waals surface area contributed by atoms with E-state index in [4.69, 9.17) is 9.47 Å². The van der Waals surface area contributed by atoms with Crippen molar-refractivity contribution in [1.82, 2.24) is 10.6 Å². The molecule has 156 valence electrons. The van der Waals surface area contributed by atoms with Crippen LogP contribution in [0.2, 0.25) is 0 Å². The van der Waals surface area contributed by atoms with E-state index in [1.807, 2.05) is 0 Å². The number of alkyl halides is 3. The molecule has 2 atom stereocenters. The van der Waals surface area contributed by atoms with Crippen LogP contribution in [0, 0.1) is 0 Å². The normalized spacial score (nSPS) is 23.2. The molecule has 28 heavy (non-hydrogen) atoms. The summed E-state index contributed by atoms with van der Waals surface area (Å²) in [5.41, 5.74) is -0.716. The molecule has 0 unspecified atom stereocenters. The summed E-state index contributed by atoms with van der Waals surface area (Å²) in [6.45, 7) is 0.990. The van der Waals surface area contributed by atoms with Crippen LogP contribution in [-0.2, 0) is 10.9 Å². The van der Waals surface area contributed by atoms with Crippen molar-refractivity contribution in [1.29, 1.82) is 0 Å². The molecule has 1 amide bonds. The van der Waals surface area contributed by atoms with Gasteiger partial charge in [0.05, 0.1) is 30.9 Å². The zero-order valence-corrected chi connectivity index (χ0v) is 16.7. The first kappa shape index (κ1) is 21.3. The van der Waals surface area contributed by atoms with Crippen molar-refractivity contribution in [2.24, 2.45) is 0 Å². The van der Waals surface area contributed by atoms with E-state index >= 15 is 0 Å². The first-order valence-electron chi connectivity index (χ1n) is 9.31. The third-order valence-corrected chi connectivity index (χ3v) is 6.05. The Balaban J connectivity index is 1.82. The van der Waals surface area contributed by atoms with Gasteiger partial charge in [0.1, 0.15) is 5.75 Å². The van der Waals surface area contributed by atoms with Gasteiger partial charge in [-0.05, 0) is 37.7 Å². The average Bonchev–Trinajstić information content (AvgIpc) is 2.63. The maximum atomic E-state index is 13.1. The number of ether oxygens (including phenoxy) is 2. The van der Waals surface area contributed by atoms with Gasteiger partial charge in [-0.25, -0.2) is 0 Å². The molecule has 9 heteroatoms. The molecule has 0 bridgehead atoms. The van der Waals surface area contributed by atoms with Gasteiger partial charge in [-0.3, -0.25) is 4.79 Å². The molecule has 3 rings (SSSR count). The third kappa shape index (κ3) is 4.75. The van der Waals surface area contributed by atoms with Crippen LogP contribution in [0.4, 0.5) is 13.2 Å². The molecule has 1 saturated carbocycles. The zero-order valence-electron chi connectivity index (χ0n) is 15.9. The van der Waals surface area contributed by atoms with Gasteiger partial charge in [0.15, 0.2) is 0 Å². The fraction of sp³-hybridized carbons (Fsp3) is 0.632. The number of nitrogens with one attached hydrogen (secondary N) is 2. The SMILES string of the molecule is COc1cc(C(F)(F)F)cc(SC)c1C(=O)N[C@@H]1COCC[C@@H]1NC1CCC1. The summed E-state index contributed by atoms with van der Waals surface area (Å²) in [5.74, 6) is -0.539. The highest BCUT2D eigenvalue weighted by molar-refractivity contribution is 7.98. The van der Waals surface area contributed by atoms with Gasteiger partial charge in [-0.2, -0.15) is 13.2 Å². The van der Waals surface area contributed by atoms with E-state index in [0.717, 1.165) is 43.2 Å². The minimum atomic E-state index is -4.51. The Morgan fingerprint density at radius 1 is 1.25 bits per heavy atom. The molecule has 2 aliphatic rings. The van der Waals surface area contributed by atoms with E-state index in [0.29, 0.717) is 19.3 Å². The number of carbonyl (C=O) groups excluding carboxylic acids is 1.